The van der Waals surface area contributed by atoms with E-state index in [1.54, 1.807) is 18.3 Å². The van der Waals surface area contributed by atoms with Crippen molar-refractivity contribution in [3.05, 3.63) is 23.9 Å². The third kappa shape index (κ3) is 2.15. The van der Waals surface area contributed by atoms with Gasteiger partial charge in [0.05, 0.1) is 5.56 Å². The predicted octanol–water partition coefficient (Wildman–Crippen LogP) is 1.78. The first-order valence-electron chi connectivity index (χ1n) is 5.54. The van der Waals surface area contributed by atoms with E-state index in [9.17, 15) is 4.79 Å². The zero-order valence-electron chi connectivity index (χ0n) is 9.66. The highest BCUT2D eigenvalue weighted by atomic mass is 16.1. The van der Waals surface area contributed by atoms with E-state index in [1.807, 2.05) is 0 Å². The minimum absolute atomic E-state index is 0.0292. The molecule has 0 radical (unpaired) electrons. The van der Waals surface area contributed by atoms with E-state index in [0.717, 1.165) is 0 Å². The van der Waals surface area contributed by atoms with Crippen molar-refractivity contribution in [2.75, 3.05) is 5.32 Å². The number of carbonyl (C=O) groups is 1. The maximum atomic E-state index is 11.2. The largest absolute Gasteiger partial charge is 0.365 e. The fraction of sp³-hybridized carbons (Fsp3) is 0.500. The molecule has 1 fully saturated rings. The van der Waals surface area contributed by atoms with Crippen molar-refractivity contribution >= 4 is 11.7 Å². The number of nitrogens with zero attached hydrogens (tertiary/aromatic N) is 1. The molecule has 1 aromatic rings. The molecule has 0 atom stereocenters. The zero-order valence-corrected chi connectivity index (χ0v) is 9.66. The second kappa shape index (κ2) is 3.77. The van der Waals surface area contributed by atoms with Gasteiger partial charge >= 0.3 is 0 Å². The molecule has 0 saturated heterocycles. The van der Waals surface area contributed by atoms with Crippen molar-refractivity contribution in [2.45, 2.75) is 32.2 Å². The van der Waals surface area contributed by atoms with Crippen LogP contribution in [0.2, 0.25) is 0 Å². The number of pyridine rings is 1. The molecule has 1 aliphatic carbocycles. The van der Waals surface area contributed by atoms with E-state index < -0.39 is 5.91 Å². The van der Waals surface area contributed by atoms with Crippen molar-refractivity contribution in [3.63, 3.8) is 0 Å². The molecule has 1 aliphatic rings. The quantitative estimate of drug-likeness (QED) is 0.811. The molecule has 2 rings (SSSR count). The Morgan fingerprint density at radius 2 is 2.25 bits per heavy atom. The molecule has 4 nitrogen and oxygen atoms in total. The van der Waals surface area contributed by atoms with Gasteiger partial charge in [-0.05, 0) is 44.7 Å². The van der Waals surface area contributed by atoms with Crippen molar-refractivity contribution in [3.8, 4) is 0 Å². The summed E-state index contributed by atoms with van der Waals surface area (Å²) in [5.41, 5.74) is 5.73. The number of primary amides is 1. The van der Waals surface area contributed by atoms with E-state index in [-0.39, 0.29) is 5.54 Å². The lowest BCUT2D eigenvalue weighted by Gasteiger charge is -2.27. The van der Waals surface area contributed by atoms with E-state index in [1.165, 1.54) is 12.8 Å². The second-order valence-electron chi connectivity index (χ2n) is 4.88. The molecule has 86 valence electrons. The normalized spacial score (nSPS) is 15.9. The van der Waals surface area contributed by atoms with Gasteiger partial charge in [-0.3, -0.25) is 4.79 Å². The van der Waals surface area contributed by atoms with Crippen molar-refractivity contribution in [2.24, 2.45) is 11.7 Å². The first kappa shape index (κ1) is 10.9. The maximum absolute atomic E-state index is 11.2. The van der Waals surface area contributed by atoms with Gasteiger partial charge in [0.15, 0.2) is 0 Å². The zero-order chi connectivity index (χ0) is 11.8. The number of amides is 1. The van der Waals surface area contributed by atoms with Crippen LogP contribution in [0.25, 0.3) is 0 Å². The van der Waals surface area contributed by atoms with Crippen molar-refractivity contribution in [1.82, 2.24) is 4.98 Å². The number of hydrogen-bond donors (Lipinski definition) is 2. The summed E-state index contributed by atoms with van der Waals surface area (Å²) in [5, 5.41) is 3.32. The number of aromatic nitrogens is 1. The molecular formula is C12H17N3O. The summed E-state index contributed by atoms with van der Waals surface area (Å²) in [7, 11) is 0. The van der Waals surface area contributed by atoms with Crippen LogP contribution in [0.3, 0.4) is 0 Å². The lowest BCUT2D eigenvalue weighted by atomic mass is 9.98. The molecule has 1 heterocycles. The highest BCUT2D eigenvalue weighted by Gasteiger charge is 2.38. The van der Waals surface area contributed by atoms with Gasteiger partial charge in [-0.2, -0.15) is 0 Å². The minimum atomic E-state index is -0.442. The van der Waals surface area contributed by atoms with Crippen LogP contribution < -0.4 is 11.1 Å². The molecule has 0 spiro atoms. The van der Waals surface area contributed by atoms with Crippen LogP contribution in [-0.2, 0) is 0 Å². The summed E-state index contributed by atoms with van der Waals surface area (Å²) in [4.78, 5) is 15.4. The number of hydrogen-bond acceptors (Lipinski definition) is 3. The average molecular weight is 219 g/mol. The van der Waals surface area contributed by atoms with E-state index in [0.29, 0.717) is 17.3 Å². The van der Waals surface area contributed by atoms with Gasteiger partial charge in [0.25, 0.3) is 5.91 Å². The highest BCUT2D eigenvalue weighted by Crippen LogP contribution is 2.41. The topological polar surface area (TPSA) is 68.0 Å². The van der Waals surface area contributed by atoms with Gasteiger partial charge in [-0.15, -0.1) is 0 Å². The molecule has 0 bridgehead atoms. The highest BCUT2D eigenvalue weighted by molar-refractivity contribution is 5.97. The summed E-state index contributed by atoms with van der Waals surface area (Å²) in [6, 6.07) is 3.41. The SMILES string of the molecule is CC(C)(Nc1ncccc1C(N)=O)C1CC1. The molecule has 1 saturated carbocycles. The molecule has 1 aromatic heterocycles. The number of rotatable bonds is 4. The van der Waals surface area contributed by atoms with E-state index >= 15 is 0 Å². The van der Waals surface area contributed by atoms with Gasteiger partial charge in [0.1, 0.15) is 5.82 Å². The van der Waals surface area contributed by atoms with Crippen molar-refractivity contribution < 1.29 is 4.79 Å². The van der Waals surface area contributed by atoms with Crippen molar-refractivity contribution in [1.29, 1.82) is 0 Å². The van der Waals surface area contributed by atoms with Gasteiger partial charge < -0.3 is 11.1 Å². The Labute approximate surface area is 95.3 Å². The Balaban J connectivity index is 2.23. The Hall–Kier alpha value is -1.58. The summed E-state index contributed by atoms with van der Waals surface area (Å²) in [6.07, 6.45) is 4.13. The number of nitrogens with one attached hydrogen (secondary N) is 1. The lowest BCUT2D eigenvalue weighted by molar-refractivity contribution is 0.100. The van der Waals surface area contributed by atoms with Gasteiger partial charge in [0.2, 0.25) is 0 Å². The first-order chi connectivity index (χ1) is 7.50. The molecule has 1 amide bonds. The molecule has 16 heavy (non-hydrogen) atoms. The fourth-order valence-corrected chi connectivity index (χ4v) is 1.92. The molecule has 0 unspecified atom stereocenters. The maximum Gasteiger partial charge on any atom is 0.252 e. The van der Waals surface area contributed by atoms with E-state index in [4.69, 9.17) is 5.73 Å². The van der Waals surface area contributed by atoms with E-state index in [2.05, 4.69) is 24.1 Å². The van der Waals surface area contributed by atoms with Crippen LogP contribution in [0.4, 0.5) is 5.82 Å². The third-order valence-corrected chi connectivity index (χ3v) is 3.11. The molecular weight excluding hydrogens is 202 g/mol. The predicted molar refractivity (Wildman–Crippen MR) is 63.2 cm³/mol. The monoisotopic (exact) mass is 219 g/mol. The molecule has 0 aromatic carbocycles. The standard InChI is InChI=1S/C12H17N3O/c1-12(2,8-5-6-8)15-11-9(10(13)16)4-3-7-14-11/h3-4,7-8H,5-6H2,1-2H3,(H2,13,16)(H,14,15). The van der Waals surface area contributed by atoms with Crippen LogP contribution in [0, 0.1) is 5.92 Å². The molecule has 3 N–H and O–H groups in total. The van der Waals surface area contributed by atoms with Crippen LogP contribution >= 0.6 is 0 Å². The first-order valence-corrected chi connectivity index (χ1v) is 5.54. The summed E-state index contributed by atoms with van der Waals surface area (Å²) in [6.45, 7) is 4.26. The number of anilines is 1. The summed E-state index contributed by atoms with van der Waals surface area (Å²) >= 11 is 0. The third-order valence-electron chi connectivity index (χ3n) is 3.11. The van der Waals surface area contributed by atoms with Crippen LogP contribution in [0.15, 0.2) is 18.3 Å². The Bertz CT molecular complexity index is 410. The second-order valence-corrected chi connectivity index (χ2v) is 4.88. The number of carbonyl (C=O) groups excluding carboxylic acids is 1. The minimum Gasteiger partial charge on any atom is -0.365 e. The fourth-order valence-electron chi connectivity index (χ4n) is 1.92. The van der Waals surface area contributed by atoms with Gasteiger partial charge in [-0.1, -0.05) is 0 Å². The Morgan fingerprint density at radius 3 is 2.81 bits per heavy atom. The summed E-state index contributed by atoms with van der Waals surface area (Å²) in [5.74, 6) is 0.810. The van der Waals surface area contributed by atoms with Crippen LogP contribution in [0.5, 0.6) is 0 Å². The number of nitrogens with two attached hydrogens (primary N) is 1. The van der Waals surface area contributed by atoms with Crippen LogP contribution in [-0.4, -0.2) is 16.4 Å². The van der Waals surface area contributed by atoms with Crippen LogP contribution in [0.1, 0.15) is 37.0 Å². The lowest BCUT2D eigenvalue weighted by Crippen LogP contribution is -2.34. The van der Waals surface area contributed by atoms with Gasteiger partial charge in [0, 0.05) is 11.7 Å². The molecule has 4 heteroatoms. The Morgan fingerprint density at radius 1 is 1.56 bits per heavy atom. The smallest absolute Gasteiger partial charge is 0.252 e. The summed E-state index contributed by atoms with van der Waals surface area (Å²) < 4.78 is 0. The Kier molecular flexibility index (Phi) is 2.58. The average Bonchev–Trinajstić information content (AvgIpc) is 3.00. The van der Waals surface area contributed by atoms with Gasteiger partial charge in [-0.25, -0.2) is 4.98 Å². The molecule has 0 aliphatic heterocycles.